The summed E-state index contributed by atoms with van der Waals surface area (Å²) in [5, 5.41) is 14.8. The van der Waals surface area contributed by atoms with Gasteiger partial charge in [0.1, 0.15) is 11.5 Å². The highest BCUT2D eigenvalue weighted by atomic mass is 16.2. The van der Waals surface area contributed by atoms with Crippen molar-refractivity contribution in [1.29, 1.82) is 5.26 Å². The van der Waals surface area contributed by atoms with Crippen LogP contribution in [-0.4, -0.2) is 23.9 Å². The van der Waals surface area contributed by atoms with Gasteiger partial charge >= 0.3 is 0 Å². The largest absolute Gasteiger partial charge is 0.352 e. The molecular weight excluding hydrogens is 254 g/mol. The molecule has 0 saturated carbocycles. The van der Waals surface area contributed by atoms with E-state index < -0.39 is 11.5 Å². The maximum absolute atomic E-state index is 12.4. The first kappa shape index (κ1) is 18.4. The molecular formula is C15H27N3O2. The Bertz CT molecular complexity index is 366. The monoisotopic (exact) mass is 281 g/mol. The number of carbonyl (C=O) groups excluding carboxylic acids is 2. The van der Waals surface area contributed by atoms with E-state index in [1.165, 1.54) is 0 Å². The number of rotatable bonds is 8. The summed E-state index contributed by atoms with van der Waals surface area (Å²) in [5.41, 5.74) is -1.02. The normalized spacial score (nSPS) is 12.7. The number of carbonyl (C=O) groups is 2. The van der Waals surface area contributed by atoms with Gasteiger partial charge in [-0.1, -0.05) is 26.7 Å². The van der Waals surface area contributed by atoms with Gasteiger partial charge in [0.2, 0.25) is 11.8 Å². The van der Waals surface area contributed by atoms with Crippen LogP contribution in [0, 0.1) is 16.7 Å². The second-order valence-corrected chi connectivity index (χ2v) is 5.55. The molecule has 0 saturated heterocycles. The van der Waals surface area contributed by atoms with Crippen molar-refractivity contribution >= 4 is 11.8 Å². The summed E-state index contributed by atoms with van der Waals surface area (Å²) in [4.78, 5) is 24.2. The third-order valence-corrected chi connectivity index (χ3v) is 3.17. The first-order chi connectivity index (χ1) is 9.32. The quantitative estimate of drug-likeness (QED) is 0.715. The van der Waals surface area contributed by atoms with Gasteiger partial charge in [0.05, 0.1) is 6.07 Å². The molecule has 20 heavy (non-hydrogen) atoms. The topological polar surface area (TPSA) is 82.0 Å². The molecule has 0 aliphatic heterocycles. The lowest BCUT2D eigenvalue weighted by atomic mass is 9.79. The fourth-order valence-corrected chi connectivity index (χ4v) is 2.18. The average Bonchev–Trinajstić information content (AvgIpc) is 2.37. The van der Waals surface area contributed by atoms with Crippen molar-refractivity contribution < 1.29 is 9.59 Å². The molecule has 0 aromatic rings. The highest BCUT2D eigenvalue weighted by molar-refractivity contribution is 5.91. The van der Waals surface area contributed by atoms with Crippen molar-refractivity contribution in [1.82, 2.24) is 10.6 Å². The Morgan fingerprint density at radius 3 is 1.95 bits per heavy atom. The van der Waals surface area contributed by atoms with Crippen molar-refractivity contribution in [2.75, 3.05) is 0 Å². The molecule has 2 N–H and O–H groups in total. The lowest BCUT2D eigenvalue weighted by Crippen LogP contribution is -2.51. The van der Waals surface area contributed by atoms with Gasteiger partial charge in [0.15, 0.2) is 0 Å². The molecule has 0 spiro atoms. The molecule has 5 heteroatoms. The highest BCUT2D eigenvalue weighted by Gasteiger charge is 2.38. The Morgan fingerprint density at radius 2 is 1.60 bits per heavy atom. The fourth-order valence-electron chi connectivity index (χ4n) is 2.18. The Morgan fingerprint density at radius 1 is 1.10 bits per heavy atom. The predicted molar refractivity (Wildman–Crippen MR) is 78.7 cm³/mol. The van der Waals surface area contributed by atoms with Crippen LogP contribution in [0.25, 0.3) is 0 Å². The van der Waals surface area contributed by atoms with E-state index in [9.17, 15) is 14.9 Å². The van der Waals surface area contributed by atoms with Gasteiger partial charge in [-0.15, -0.1) is 0 Å². The van der Waals surface area contributed by atoms with Gasteiger partial charge < -0.3 is 10.6 Å². The van der Waals surface area contributed by atoms with Crippen LogP contribution < -0.4 is 10.6 Å². The number of hydrogen-bond acceptors (Lipinski definition) is 3. The zero-order chi connectivity index (χ0) is 15.8. The van der Waals surface area contributed by atoms with Crippen molar-refractivity contribution in [2.45, 2.75) is 72.4 Å². The molecule has 0 heterocycles. The molecule has 0 aliphatic rings. The van der Waals surface area contributed by atoms with Crippen molar-refractivity contribution in [3.63, 3.8) is 0 Å². The predicted octanol–water partition coefficient (Wildman–Crippen LogP) is 2.13. The number of nitrogens with zero attached hydrogens (tertiary/aromatic N) is 1. The molecule has 0 fully saturated rings. The lowest BCUT2D eigenvalue weighted by Gasteiger charge is -2.26. The Labute approximate surface area is 122 Å². The zero-order valence-corrected chi connectivity index (χ0v) is 13.2. The molecule has 1 atom stereocenters. The third kappa shape index (κ3) is 5.20. The Kier molecular flexibility index (Phi) is 7.90. The van der Waals surface area contributed by atoms with Gasteiger partial charge in [-0.2, -0.15) is 5.26 Å². The number of amides is 2. The summed E-state index contributed by atoms with van der Waals surface area (Å²) in [5.74, 6) is -0.566. The molecule has 5 nitrogen and oxygen atoms in total. The zero-order valence-electron chi connectivity index (χ0n) is 13.2. The smallest absolute Gasteiger partial charge is 0.242 e. The van der Waals surface area contributed by atoms with Gasteiger partial charge in [0.25, 0.3) is 0 Å². The van der Waals surface area contributed by atoms with Crippen LogP contribution in [0.3, 0.4) is 0 Å². The first-order valence-electron chi connectivity index (χ1n) is 7.35. The van der Waals surface area contributed by atoms with Gasteiger partial charge in [0, 0.05) is 6.04 Å². The van der Waals surface area contributed by atoms with E-state index in [4.69, 9.17) is 0 Å². The van der Waals surface area contributed by atoms with Crippen molar-refractivity contribution in [3.05, 3.63) is 0 Å². The minimum atomic E-state index is -1.02. The van der Waals surface area contributed by atoms with Crippen LogP contribution >= 0.6 is 0 Å². The molecule has 0 rings (SSSR count). The lowest BCUT2D eigenvalue weighted by molar-refractivity contribution is -0.133. The second kappa shape index (κ2) is 8.57. The van der Waals surface area contributed by atoms with E-state index >= 15 is 0 Å². The molecule has 114 valence electrons. The summed E-state index contributed by atoms with van der Waals surface area (Å²) in [6.07, 6.45) is 2.55. The van der Waals surface area contributed by atoms with Crippen LogP contribution in [0.4, 0.5) is 0 Å². The summed E-state index contributed by atoms with van der Waals surface area (Å²) in [7, 11) is 0. The minimum Gasteiger partial charge on any atom is -0.352 e. The first-order valence-corrected chi connectivity index (χ1v) is 7.35. The average molecular weight is 281 g/mol. The molecule has 0 aromatic carbocycles. The Balaban J connectivity index is 4.84. The van der Waals surface area contributed by atoms with Gasteiger partial charge in [-0.25, -0.2) is 0 Å². The molecule has 0 radical (unpaired) electrons. The van der Waals surface area contributed by atoms with E-state index in [-0.39, 0.29) is 17.9 Å². The number of nitrogens with one attached hydrogen (secondary N) is 2. The van der Waals surface area contributed by atoms with E-state index in [1.54, 1.807) is 6.92 Å². The molecule has 0 aromatic heterocycles. The summed E-state index contributed by atoms with van der Waals surface area (Å²) < 4.78 is 0. The van der Waals surface area contributed by atoms with Crippen LogP contribution in [0.5, 0.6) is 0 Å². The SMILES string of the molecule is CCCC(C#N)(CCC)C(=O)NC(C)C(=O)NC(C)C. The Hall–Kier alpha value is -1.57. The second-order valence-electron chi connectivity index (χ2n) is 5.55. The van der Waals surface area contributed by atoms with E-state index in [2.05, 4.69) is 16.7 Å². The van der Waals surface area contributed by atoms with Crippen molar-refractivity contribution in [3.8, 4) is 6.07 Å². The number of nitriles is 1. The van der Waals surface area contributed by atoms with Crippen LogP contribution in [0.2, 0.25) is 0 Å². The number of hydrogen-bond donors (Lipinski definition) is 2. The maximum Gasteiger partial charge on any atom is 0.242 e. The standard InChI is InChI=1S/C15H27N3O2/c1-6-8-15(10-16,9-7-2)14(20)18-12(5)13(19)17-11(3)4/h11-12H,6-9H2,1-5H3,(H,17,19)(H,18,20). The fraction of sp³-hybridized carbons (Fsp3) is 0.800. The van der Waals surface area contributed by atoms with Crippen LogP contribution in [-0.2, 0) is 9.59 Å². The molecule has 0 aliphatic carbocycles. The van der Waals surface area contributed by atoms with Crippen molar-refractivity contribution in [2.24, 2.45) is 5.41 Å². The third-order valence-electron chi connectivity index (χ3n) is 3.17. The summed E-state index contributed by atoms with van der Waals surface area (Å²) >= 11 is 0. The van der Waals surface area contributed by atoms with Gasteiger partial charge in [-0.05, 0) is 33.6 Å². The molecule has 1 unspecified atom stereocenters. The highest BCUT2D eigenvalue weighted by Crippen LogP contribution is 2.29. The van der Waals surface area contributed by atoms with E-state index in [0.717, 1.165) is 12.8 Å². The molecule has 2 amide bonds. The summed E-state index contributed by atoms with van der Waals surface area (Å²) in [6.45, 7) is 9.25. The van der Waals surface area contributed by atoms with Gasteiger partial charge in [-0.3, -0.25) is 9.59 Å². The maximum atomic E-state index is 12.4. The molecule has 0 bridgehead atoms. The van der Waals surface area contributed by atoms with E-state index in [0.29, 0.717) is 12.8 Å². The minimum absolute atomic E-state index is 0.0221. The summed E-state index contributed by atoms with van der Waals surface area (Å²) in [6, 6.07) is 1.55. The van der Waals surface area contributed by atoms with Crippen LogP contribution in [0.15, 0.2) is 0 Å². The van der Waals surface area contributed by atoms with E-state index in [1.807, 2.05) is 27.7 Å². The van der Waals surface area contributed by atoms with Crippen LogP contribution in [0.1, 0.15) is 60.3 Å².